The van der Waals surface area contributed by atoms with Crippen molar-refractivity contribution in [3.8, 4) is 0 Å². The maximum absolute atomic E-state index is 12.0. The SMILES string of the molecule is COCCCCNS(=O)(=O)c1cnccc1NN. The molecule has 18 heavy (non-hydrogen) atoms. The van der Waals surface area contributed by atoms with Gasteiger partial charge in [0.05, 0.1) is 5.69 Å². The summed E-state index contributed by atoms with van der Waals surface area (Å²) in [5.41, 5.74) is 2.65. The van der Waals surface area contributed by atoms with Gasteiger partial charge in [0.1, 0.15) is 4.90 Å². The monoisotopic (exact) mass is 274 g/mol. The molecule has 0 aliphatic rings. The number of nitrogens with zero attached hydrogens (tertiary/aromatic N) is 1. The lowest BCUT2D eigenvalue weighted by atomic mass is 10.3. The number of ether oxygens (including phenoxy) is 1. The predicted molar refractivity (Wildman–Crippen MR) is 68.3 cm³/mol. The third-order valence-corrected chi connectivity index (χ3v) is 3.79. The van der Waals surface area contributed by atoms with Crippen LogP contribution in [0.3, 0.4) is 0 Å². The van der Waals surface area contributed by atoms with Gasteiger partial charge in [0.15, 0.2) is 0 Å². The number of rotatable bonds is 8. The molecule has 102 valence electrons. The molecule has 0 aromatic carbocycles. The number of hydrogen-bond donors (Lipinski definition) is 3. The molecule has 7 nitrogen and oxygen atoms in total. The van der Waals surface area contributed by atoms with E-state index in [2.05, 4.69) is 15.1 Å². The van der Waals surface area contributed by atoms with Gasteiger partial charge in [0.2, 0.25) is 10.0 Å². The zero-order chi connectivity index (χ0) is 13.4. The summed E-state index contributed by atoms with van der Waals surface area (Å²) in [7, 11) is -1.98. The molecule has 0 atom stereocenters. The Kier molecular flexibility index (Phi) is 5.99. The summed E-state index contributed by atoms with van der Waals surface area (Å²) in [5, 5.41) is 0. The van der Waals surface area contributed by atoms with Gasteiger partial charge in [-0.25, -0.2) is 13.1 Å². The number of sulfonamides is 1. The van der Waals surface area contributed by atoms with E-state index in [-0.39, 0.29) is 4.90 Å². The molecule has 1 aromatic heterocycles. The van der Waals surface area contributed by atoms with Crippen LogP contribution in [0.25, 0.3) is 0 Å². The van der Waals surface area contributed by atoms with Crippen molar-refractivity contribution in [1.29, 1.82) is 0 Å². The highest BCUT2D eigenvalue weighted by molar-refractivity contribution is 7.89. The van der Waals surface area contributed by atoms with Crippen molar-refractivity contribution >= 4 is 15.7 Å². The molecule has 1 heterocycles. The minimum atomic E-state index is -3.59. The topological polar surface area (TPSA) is 106 Å². The molecule has 0 aliphatic carbocycles. The lowest BCUT2D eigenvalue weighted by molar-refractivity contribution is 0.193. The molecule has 0 saturated heterocycles. The van der Waals surface area contributed by atoms with Gasteiger partial charge in [0, 0.05) is 32.7 Å². The minimum absolute atomic E-state index is 0.0410. The second-order valence-corrected chi connectivity index (χ2v) is 5.35. The Morgan fingerprint density at radius 2 is 2.22 bits per heavy atom. The zero-order valence-electron chi connectivity index (χ0n) is 10.2. The van der Waals surface area contributed by atoms with E-state index < -0.39 is 10.0 Å². The Morgan fingerprint density at radius 1 is 1.44 bits per heavy atom. The van der Waals surface area contributed by atoms with Crippen molar-refractivity contribution < 1.29 is 13.2 Å². The van der Waals surface area contributed by atoms with E-state index in [9.17, 15) is 8.42 Å². The summed E-state index contributed by atoms with van der Waals surface area (Å²) >= 11 is 0. The van der Waals surface area contributed by atoms with Crippen LogP contribution in [0.2, 0.25) is 0 Å². The minimum Gasteiger partial charge on any atom is -0.385 e. The molecule has 1 rings (SSSR count). The van der Waals surface area contributed by atoms with Crippen LogP contribution in [0.15, 0.2) is 23.4 Å². The lowest BCUT2D eigenvalue weighted by Gasteiger charge is -2.10. The maximum Gasteiger partial charge on any atom is 0.244 e. The molecule has 0 radical (unpaired) electrons. The zero-order valence-corrected chi connectivity index (χ0v) is 11.0. The van der Waals surface area contributed by atoms with Crippen LogP contribution in [0.1, 0.15) is 12.8 Å². The number of hydrogen-bond acceptors (Lipinski definition) is 6. The molecule has 0 saturated carbocycles. The van der Waals surface area contributed by atoms with E-state index in [0.717, 1.165) is 6.42 Å². The molecule has 1 aromatic rings. The summed E-state index contributed by atoms with van der Waals surface area (Å²) in [5.74, 6) is 5.26. The fourth-order valence-electron chi connectivity index (χ4n) is 1.37. The normalized spacial score (nSPS) is 11.4. The summed E-state index contributed by atoms with van der Waals surface area (Å²) in [6.45, 7) is 0.967. The van der Waals surface area contributed by atoms with Crippen molar-refractivity contribution in [2.24, 2.45) is 5.84 Å². The van der Waals surface area contributed by atoms with E-state index in [1.165, 1.54) is 18.5 Å². The number of nitrogens with one attached hydrogen (secondary N) is 2. The van der Waals surface area contributed by atoms with Crippen LogP contribution < -0.4 is 16.0 Å². The van der Waals surface area contributed by atoms with Crippen molar-refractivity contribution in [2.45, 2.75) is 17.7 Å². The molecule has 0 aliphatic heterocycles. The number of nitrogen functional groups attached to an aromatic ring is 1. The number of hydrazine groups is 1. The van der Waals surface area contributed by atoms with Gasteiger partial charge < -0.3 is 10.2 Å². The average molecular weight is 274 g/mol. The fourth-order valence-corrected chi connectivity index (χ4v) is 2.55. The van der Waals surface area contributed by atoms with Crippen LogP contribution >= 0.6 is 0 Å². The number of anilines is 1. The van der Waals surface area contributed by atoms with Gasteiger partial charge in [0.25, 0.3) is 0 Å². The van der Waals surface area contributed by atoms with Gasteiger partial charge in [-0.3, -0.25) is 10.8 Å². The van der Waals surface area contributed by atoms with Crippen molar-refractivity contribution in [3.05, 3.63) is 18.5 Å². The first-order valence-corrected chi connectivity index (χ1v) is 6.99. The second-order valence-electron chi connectivity index (χ2n) is 3.61. The molecular formula is C10H18N4O3S. The highest BCUT2D eigenvalue weighted by atomic mass is 32.2. The smallest absolute Gasteiger partial charge is 0.244 e. The summed E-state index contributed by atoms with van der Waals surface area (Å²) in [4.78, 5) is 3.82. The summed E-state index contributed by atoms with van der Waals surface area (Å²) in [6, 6.07) is 1.50. The van der Waals surface area contributed by atoms with Crippen LogP contribution in [0.5, 0.6) is 0 Å². The van der Waals surface area contributed by atoms with Crippen molar-refractivity contribution in [3.63, 3.8) is 0 Å². The molecule has 4 N–H and O–H groups in total. The molecule has 0 unspecified atom stereocenters. The maximum atomic E-state index is 12.0. The molecule has 0 amide bonds. The molecule has 0 bridgehead atoms. The van der Waals surface area contributed by atoms with Gasteiger partial charge in [-0.2, -0.15) is 0 Å². The van der Waals surface area contributed by atoms with Crippen LogP contribution in [0, 0.1) is 0 Å². The number of nitrogens with two attached hydrogens (primary N) is 1. The van der Waals surface area contributed by atoms with E-state index >= 15 is 0 Å². The fraction of sp³-hybridized carbons (Fsp3) is 0.500. The largest absolute Gasteiger partial charge is 0.385 e. The first kappa shape index (κ1) is 14.8. The Labute approximate surface area is 107 Å². The van der Waals surface area contributed by atoms with E-state index in [1.54, 1.807) is 7.11 Å². The van der Waals surface area contributed by atoms with Crippen molar-refractivity contribution in [2.75, 3.05) is 25.7 Å². The number of methoxy groups -OCH3 is 1. The highest BCUT2D eigenvalue weighted by Crippen LogP contribution is 2.17. The first-order valence-electron chi connectivity index (χ1n) is 5.51. The molecule has 0 spiro atoms. The Morgan fingerprint density at radius 3 is 2.89 bits per heavy atom. The highest BCUT2D eigenvalue weighted by Gasteiger charge is 2.17. The van der Waals surface area contributed by atoms with Gasteiger partial charge in [-0.15, -0.1) is 0 Å². The Balaban J connectivity index is 2.63. The van der Waals surface area contributed by atoms with Gasteiger partial charge in [-0.05, 0) is 18.9 Å². The summed E-state index contributed by atoms with van der Waals surface area (Å²) in [6.07, 6.45) is 4.23. The standard InChI is InChI=1S/C10H18N4O3S/c1-17-7-3-2-5-13-18(15,16)10-8-12-6-4-9(10)14-11/h4,6,8,13H,2-3,5,7,11H2,1H3,(H,12,14). The predicted octanol–water partition coefficient (Wildman–Crippen LogP) is 0.0721. The second kappa shape index (κ2) is 7.27. The van der Waals surface area contributed by atoms with E-state index in [0.29, 0.717) is 25.3 Å². The summed E-state index contributed by atoms with van der Waals surface area (Å²) < 4.78 is 31.3. The van der Waals surface area contributed by atoms with E-state index in [1.807, 2.05) is 0 Å². The molecule has 0 fully saturated rings. The van der Waals surface area contributed by atoms with Crippen molar-refractivity contribution in [1.82, 2.24) is 9.71 Å². The van der Waals surface area contributed by atoms with Crippen LogP contribution in [0.4, 0.5) is 5.69 Å². The Bertz CT molecular complexity index is 464. The number of unbranched alkanes of at least 4 members (excludes halogenated alkanes) is 1. The molecular weight excluding hydrogens is 256 g/mol. The first-order chi connectivity index (χ1) is 8.61. The third kappa shape index (κ3) is 4.22. The number of aromatic nitrogens is 1. The average Bonchev–Trinajstić information content (AvgIpc) is 2.38. The third-order valence-electron chi connectivity index (χ3n) is 2.30. The quantitative estimate of drug-likeness (QED) is 0.352. The van der Waals surface area contributed by atoms with Crippen LogP contribution in [-0.4, -0.2) is 33.7 Å². The lowest BCUT2D eigenvalue weighted by Crippen LogP contribution is -2.26. The van der Waals surface area contributed by atoms with Gasteiger partial charge >= 0.3 is 0 Å². The molecule has 8 heteroatoms. The van der Waals surface area contributed by atoms with E-state index in [4.69, 9.17) is 10.6 Å². The van der Waals surface area contributed by atoms with Gasteiger partial charge in [-0.1, -0.05) is 0 Å². The number of pyridine rings is 1. The Hall–Kier alpha value is -1.22. The van der Waals surface area contributed by atoms with Crippen LogP contribution in [-0.2, 0) is 14.8 Å².